The number of benzene rings is 1. The molecule has 1 aliphatic carbocycles. The van der Waals surface area contributed by atoms with E-state index in [9.17, 15) is 9.59 Å². The third-order valence-electron chi connectivity index (χ3n) is 6.40. The van der Waals surface area contributed by atoms with E-state index >= 15 is 0 Å². The summed E-state index contributed by atoms with van der Waals surface area (Å²) >= 11 is 0. The fourth-order valence-electron chi connectivity index (χ4n) is 4.71. The highest BCUT2D eigenvalue weighted by Gasteiger charge is 2.25. The van der Waals surface area contributed by atoms with Crippen LogP contribution in [0.2, 0.25) is 0 Å². The van der Waals surface area contributed by atoms with Crippen molar-refractivity contribution in [3.8, 4) is 0 Å². The van der Waals surface area contributed by atoms with Gasteiger partial charge in [-0.1, -0.05) is 31.0 Å². The maximum atomic E-state index is 12.9. The van der Waals surface area contributed by atoms with Crippen LogP contribution in [0.3, 0.4) is 0 Å². The van der Waals surface area contributed by atoms with Crippen molar-refractivity contribution in [2.24, 2.45) is 0 Å². The van der Waals surface area contributed by atoms with Gasteiger partial charge < -0.3 is 15.2 Å². The van der Waals surface area contributed by atoms with E-state index in [2.05, 4.69) is 20.3 Å². The zero-order chi connectivity index (χ0) is 21.2. The zero-order valence-electron chi connectivity index (χ0n) is 17.6. The lowest BCUT2D eigenvalue weighted by atomic mass is 10.2. The van der Waals surface area contributed by atoms with Crippen molar-refractivity contribution in [1.29, 1.82) is 0 Å². The Morgan fingerprint density at radius 3 is 2.61 bits per heavy atom. The van der Waals surface area contributed by atoms with Gasteiger partial charge in [0.05, 0.1) is 18.8 Å². The van der Waals surface area contributed by atoms with Crippen molar-refractivity contribution in [1.82, 2.24) is 24.6 Å². The topological polar surface area (TPSA) is 86.3 Å². The molecule has 8 heteroatoms. The molecule has 1 aromatic carbocycles. The van der Waals surface area contributed by atoms with Crippen LogP contribution < -0.4 is 5.32 Å². The zero-order valence-corrected chi connectivity index (χ0v) is 17.6. The second-order valence-electron chi connectivity index (χ2n) is 8.49. The van der Waals surface area contributed by atoms with Gasteiger partial charge in [0.1, 0.15) is 11.5 Å². The predicted molar refractivity (Wildman–Crippen MR) is 119 cm³/mol. The van der Waals surface area contributed by atoms with Gasteiger partial charge in [-0.2, -0.15) is 5.10 Å². The van der Waals surface area contributed by atoms with Crippen LogP contribution in [-0.4, -0.2) is 69.1 Å². The third-order valence-corrected chi connectivity index (χ3v) is 6.40. The van der Waals surface area contributed by atoms with Crippen molar-refractivity contribution in [3.63, 3.8) is 0 Å². The molecule has 3 heterocycles. The Bertz CT molecular complexity index is 1040. The molecule has 2 aromatic heterocycles. The van der Waals surface area contributed by atoms with Crippen molar-refractivity contribution in [3.05, 3.63) is 48.3 Å². The minimum Gasteiger partial charge on any atom is -0.351 e. The first-order valence-electron chi connectivity index (χ1n) is 11.1. The van der Waals surface area contributed by atoms with Crippen molar-refractivity contribution in [2.75, 3.05) is 38.0 Å². The molecule has 1 saturated heterocycles. The van der Waals surface area contributed by atoms with E-state index in [0.29, 0.717) is 44.5 Å². The molecule has 5 rings (SSSR count). The SMILES string of the molecule is O=C(CN1CCN(C(=O)c2cc3ccccc3[nH]2)CC1)Nc1ccnn1C1CCCC1. The van der Waals surface area contributed by atoms with E-state index < -0.39 is 0 Å². The number of hydrogen-bond acceptors (Lipinski definition) is 4. The van der Waals surface area contributed by atoms with Crippen LogP contribution in [0, 0.1) is 0 Å². The number of rotatable bonds is 5. The fraction of sp³-hybridized carbons (Fsp3) is 0.435. The number of carbonyl (C=O) groups is 2. The number of nitrogens with one attached hydrogen (secondary N) is 2. The largest absolute Gasteiger partial charge is 0.351 e. The molecule has 0 atom stereocenters. The smallest absolute Gasteiger partial charge is 0.270 e. The number of carbonyl (C=O) groups excluding carboxylic acids is 2. The summed E-state index contributed by atoms with van der Waals surface area (Å²) in [5, 5.41) is 8.48. The number of para-hydroxylation sites is 1. The summed E-state index contributed by atoms with van der Waals surface area (Å²) in [5.74, 6) is 0.764. The van der Waals surface area contributed by atoms with Crippen molar-refractivity contribution >= 4 is 28.5 Å². The van der Waals surface area contributed by atoms with E-state index in [-0.39, 0.29) is 11.8 Å². The van der Waals surface area contributed by atoms with Gasteiger partial charge in [-0.3, -0.25) is 14.5 Å². The average Bonchev–Trinajstić information content (AvgIpc) is 3.53. The molecule has 2 N–H and O–H groups in total. The number of H-pyrrole nitrogens is 1. The van der Waals surface area contributed by atoms with Crippen LogP contribution in [0.1, 0.15) is 42.2 Å². The van der Waals surface area contributed by atoms with Gasteiger partial charge in [0.25, 0.3) is 5.91 Å². The second-order valence-corrected chi connectivity index (χ2v) is 8.49. The van der Waals surface area contributed by atoms with E-state index in [1.54, 1.807) is 6.20 Å². The Kier molecular flexibility index (Phi) is 5.46. The molecule has 3 aromatic rings. The highest BCUT2D eigenvalue weighted by atomic mass is 16.2. The standard InChI is InChI=1S/C23H28N6O2/c30-22(26-21-9-10-24-29(21)18-6-2-3-7-18)16-27-11-13-28(14-12-27)23(31)20-15-17-5-1-4-8-19(17)25-20/h1,4-5,8-10,15,18,25H,2-3,6-7,11-14,16H2,(H,26,30). The van der Waals surface area contributed by atoms with Gasteiger partial charge in [-0.15, -0.1) is 0 Å². The maximum Gasteiger partial charge on any atom is 0.270 e. The van der Waals surface area contributed by atoms with E-state index in [0.717, 1.165) is 29.6 Å². The van der Waals surface area contributed by atoms with E-state index in [1.807, 2.05) is 46.0 Å². The summed E-state index contributed by atoms with van der Waals surface area (Å²) in [6.07, 6.45) is 6.44. The van der Waals surface area contributed by atoms with Crippen LogP contribution in [0.5, 0.6) is 0 Å². The van der Waals surface area contributed by atoms with Gasteiger partial charge >= 0.3 is 0 Å². The predicted octanol–water partition coefficient (Wildman–Crippen LogP) is 2.88. The number of aromatic nitrogens is 3. The summed E-state index contributed by atoms with van der Waals surface area (Å²) in [4.78, 5) is 32.6. The molecule has 2 fully saturated rings. The molecular formula is C23H28N6O2. The lowest BCUT2D eigenvalue weighted by Crippen LogP contribution is -2.50. The molecule has 0 spiro atoms. The van der Waals surface area contributed by atoms with Crippen LogP contribution in [-0.2, 0) is 4.79 Å². The van der Waals surface area contributed by atoms with E-state index in [4.69, 9.17) is 0 Å². The quantitative estimate of drug-likeness (QED) is 0.665. The van der Waals surface area contributed by atoms with Crippen LogP contribution >= 0.6 is 0 Å². The summed E-state index contributed by atoms with van der Waals surface area (Å²) < 4.78 is 1.96. The number of amides is 2. The molecule has 1 saturated carbocycles. The minimum absolute atomic E-state index is 0.0146. The summed E-state index contributed by atoms with van der Waals surface area (Å²) in [6, 6.07) is 12.1. The van der Waals surface area contributed by atoms with Crippen molar-refractivity contribution < 1.29 is 9.59 Å². The molecule has 0 unspecified atom stereocenters. The minimum atomic E-state index is -0.0323. The normalized spacial score (nSPS) is 18.0. The van der Waals surface area contributed by atoms with Gasteiger partial charge in [0, 0.05) is 43.1 Å². The number of nitrogens with zero attached hydrogens (tertiary/aromatic N) is 4. The average molecular weight is 421 g/mol. The molecule has 0 radical (unpaired) electrons. The molecule has 2 amide bonds. The van der Waals surface area contributed by atoms with Crippen LogP contribution in [0.15, 0.2) is 42.6 Å². The summed E-state index contributed by atoms with van der Waals surface area (Å²) in [6.45, 7) is 2.91. The first-order valence-corrected chi connectivity index (χ1v) is 11.1. The molecule has 2 aliphatic rings. The Hall–Kier alpha value is -3.13. The Morgan fingerprint density at radius 2 is 1.84 bits per heavy atom. The Labute approximate surface area is 181 Å². The number of aromatic amines is 1. The van der Waals surface area contributed by atoms with Crippen LogP contribution in [0.25, 0.3) is 10.9 Å². The first kappa shape index (κ1) is 19.8. The fourth-order valence-corrected chi connectivity index (χ4v) is 4.71. The van der Waals surface area contributed by atoms with Gasteiger partial charge in [-0.05, 0) is 25.0 Å². The van der Waals surface area contributed by atoms with Crippen molar-refractivity contribution in [2.45, 2.75) is 31.7 Å². The Morgan fingerprint density at radius 1 is 1.06 bits per heavy atom. The van der Waals surface area contributed by atoms with E-state index in [1.165, 1.54) is 12.8 Å². The maximum absolute atomic E-state index is 12.9. The van der Waals surface area contributed by atoms with Crippen LogP contribution in [0.4, 0.5) is 5.82 Å². The third kappa shape index (κ3) is 4.20. The molecule has 0 bridgehead atoms. The number of anilines is 1. The second kappa shape index (κ2) is 8.55. The number of hydrogen-bond donors (Lipinski definition) is 2. The molecule has 1 aliphatic heterocycles. The van der Waals surface area contributed by atoms with Gasteiger partial charge in [0.15, 0.2) is 0 Å². The highest BCUT2D eigenvalue weighted by Crippen LogP contribution is 2.31. The Balaban J connectivity index is 1.13. The molecule has 8 nitrogen and oxygen atoms in total. The summed E-state index contributed by atoms with van der Waals surface area (Å²) in [5.41, 5.74) is 1.59. The van der Waals surface area contributed by atoms with Gasteiger partial charge in [0.2, 0.25) is 5.91 Å². The molecular weight excluding hydrogens is 392 g/mol. The number of piperazine rings is 1. The highest BCUT2D eigenvalue weighted by molar-refractivity contribution is 5.98. The lowest BCUT2D eigenvalue weighted by Gasteiger charge is -2.34. The molecule has 162 valence electrons. The molecule has 31 heavy (non-hydrogen) atoms. The summed E-state index contributed by atoms with van der Waals surface area (Å²) in [7, 11) is 0. The lowest BCUT2D eigenvalue weighted by molar-refractivity contribution is -0.117. The monoisotopic (exact) mass is 420 g/mol. The first-order chi connectivity index (χ1) is 15.2. The van der Waals surface area contributed by atoms with Gasteiger partial charge in [-0.25, -0.2) is 4.68 Å². The number of fused-ring (bicyclic) bond motifs is 1.